The minimum atomic E-state index is -3.99. The van der Waals surface area contributed by atoms with Crippen molar-refractivity contribution >= 4 is 112 Å². The number of thioether (sulfide) groups is 1. The number of halogens is 4. The molecule has 0 saturated carbocycles. The molecular weight excluding hydrogens is 1800 g/mol. The van der Waals surface area contributed by atoms with Crippen molar-refractivity contribution in [2.24, 2.45) is 5.41 Å². The molecule has 0 aliphatic carbocycles. The molecule has 44 nitrogen and oxygen atoms in total. The summed E-state index contributed by atoms with van der Waals surface area (Å²) < 4.78 is 158. The number of ether oxygens (including phenoxy) is 7. The number of aliphatic hydroxyl groups excluding tert-OH is 1. The van der Waals surface area contributed by atoms with E-state index in [1.54, 1.807) is 83.1 Å². The lowest BCUT2D eigenvalue weighted by molar-refractivity contribution is -0.148. The summed E-state index contributed by atoms with van der Waals surface area (Å²) in [6.45, 7) is 18.9. The lowest BCUT2D eigenvalue weighted by Gasteiger charge is -2.34. The number of carbonyl (C=O) groups is 4. The molecule has 0 amide bonds. The number of esters is 3. The maximum Gasteiger partial charge on any atom is 0.475 e. The molecule has 2 unspecified atom stereocenters. The van der Waals surface area contributed by atoms with Crippen LogP contribution in [0.5, 0.6) is 0 Å². The highest BCUT2D eigenvalue weighted by Crippen LogP contribution is 2.64. The van der Waals surface area contributed by atoms with Gasteiger partial charge in [0, 0.05) is 74.1 Å². The number of nitrogens with one attached hydrogen (secondary N) is 4. The number of aromatic nitrogens is 8. The minimum Gasteiger partial charge on any atom is -0.463 e. The van der Waals surface area contributed by atoms with Crippen LogP contribution >= 0.6 is 89.5 Å². The highest BCUT2D eigenvalue weighted by molar-refractivity contribution is 8.13. The average molecular weight is 1900 g/mol. The molecule has 4 aromatic heterocycles. The molecule has 0 bridgehead atoms. The molecule has 121 heavy (non-hydrogen) atoms. The summed E-state index contributed by atoms with van der Waals surface area (Å²) in [4.78, 5) is 144. The van der Waals surface area contributed by atoms with Crippen molar-refractivity contribution in [3.63, 3.8) is 0 Å². The standard InChI is InChI=1S/C17H24ClN2O9PS.3C17H24ClN2O9P/c1-16(2,9-21)14(23)31-7-6-26-30(25)27-8-10-12(29-30)17(3,18)13(28-10)20-5-4-11(22)19-15(20)24;3*1-10(2)27-13(22)5-4-8-25-30(24)26-9-11-14(29-30)17(3,18)15(28-11)20-7-6-12(21)19-16(20)23/h4-5,10,12-13,21H,6-9H2,1-3H3,(H,19,22,24);3*6-7,10-11,14-15H,4-5,8-9H2,1-3H3,(H,19,21,23)/t10-,12-,13-,17-,30?;11-,14-,15-,17-,30?;11-,14-,15-,17-,30+;11-,14-,15-,17-,30-/m1111/s1. The fourth-order valence-electron chi connectivity index (χ4n) is 12.8. The third kappa shape index (κ3) is 25.3. The minimum absolute atomic E-state index is 0.0511. The van der Waals surface area contributed by atoms with Gasteiger partial charge in [-0.1, -0.05) is 11.8 Å². The van der Waals surface area contributed by atoms with Crippen LogP contribution in [0.4, 0.5) is 0 Å². The van der Waals surface area contributed by atoms with Gasteiger partial charge in [-0.05, 0) is 102 Å². The summed E-state index contributed by atoms with van der Waals surface area (Å²) in [5.41, 5.74) is -5.95. The largest absolute Gasteiger partial charge is 0.475 e. The number of carbonyl (C=O) groups excluding carboxylic acids is 4. The van der Waals surface area contributed by atoms with Gasteiger partial charge in [0.1, 0.15) is 68.3 Å². The predicted molar refractivity (Wildman–Crippen MR) is 425 cm³/mol. The van der Waals surface area contributed by atoms with Gasteiger partial charge in [0.2, 0.25) is 0 Å². The molecule has 8 fully saturated rings. The number of aliphatic hydroxyl groups is 1. The molecule has 5 N–H and O–H groups in total. The van der Waals surface area contributed by atoms with Gasteiger partial charge in [-0.3, -0.25) is 131 Å². The van der Waals surface area contributed by atoms with E-state index in [0.717, 1.165) is 54.3 Å². The Balaban J connectivity index is 0.000000183. The van der Waals surface area contributed by atoms with E-state index in [9.17, 15) is 80.9 Å². The summed E-state index contributed by atoms with van der Waals surface area (Å²) in [5.74, 6) is -0.977. The van der Waals surface area contributed by atoms with Crippen molar-refractivity contribution in [1.82, 2.24) is 38.2 Å². The van der Waals surface area contributed by atoms with Crippen LogP contribution in [-0.4, -0.2) is 218 Å². The van der Waals surface area contributed by atoms with Gasteiger partial charge in [0.05, 0.1) is 83.2 Å². The third-order valence-electron chi connectivity index (χ3n) is 18.6. The fourth-order valence-corrected chi connectivity index (χ4v) is 21.3. The first kappa shape index (κ1) is 99.3. The van der Waals surface area contributed by atoms with Gasteiger partial charge in [0.25, 0.3) is 22.2 Å². The van der Waals surface area contributed by atoms with E-state index in [1.807, 2.05) is 0 Å². The van der Waals surface area contributed by atoms with E-state index in [1.165, 1.54) is 24.8 Å². The Kier molecular flexibility index (Phi) is 33.7. The lowest BCUT2D eigenvalue weighted by atomic mass is 9.97. The van der Waals surface area contributed by atoms with Crippen LogP contribution in [0.15, 0.2) is 87.4 Å². The summed E-state index contributed by atoms with van der Waals surface area (Å²) in [5, 5.41) is 9.00. The van der Waals surface area contributed by atoms with Crippen molar-refractivity contribution in [2.45, 2.75) is 233 Å². The quantitative estimate of drug-likeness (QED) is 0.0136. The van der Waals surface area contributed by atoms with Crippen LogP contribution in [0.25, 0.3) is 0 Å². The van der Waals surface area contributed by atoms with Gasteiger partial charge >= 0.3 is 72.0 Å². The number of H-pyrrole nitrogens is 4. The molecule has 12 rings (SSSR count). The number of nitrogens with zero attached hydrogens (tertiary/aromatic N) is 4. The van der Waals surface area contributed by atoms with Gasteiger partial charge in [0.15, 0.2) is 30.0 Å². The Labute approximate surface area is 713 Å². The van der Waals surface area contributed by atoms with Crippen LogP contribution in [0.3, 0.4) is 0 Å². The number of hydrogen-bond acceptors (Lipinski definition) is 37. The number of aromatic amines is 4. The van der Waals surface area contributed by atoms with Crippen molar-refractivity contribution < 1.29 is 130 Å². The number of alkyl halides is 4. The highest BCUT2D eigenvalue weighted by Gasteiger charge is 2.64. The maximum atomic E-state index is 12.9. The van der Waals surface area contributed by atoms with Crippen LogP contribution in [-0.2, 0) is 125 Å². The van der Waals surface area contributed by atoms with Crippen LogP contribution in [0.1, 0.15) is 147 Å². The van der Waals surface area contributed by atoms with E-state index in [-0.39, 0.29) is 145 Å². The molecule has 20 atom stereocenters. The summed E-state index contributed by atoms with van der Waals surface area (Å²) in [6, 6.07) is 4.64. The van der Waals surface area contributed by atoms with Crippen molar-refractivity contribution in [3.8, 4) is 0 Å². The van der Waals surface area contributed by atoms with Crippen molar-refractivity contribution in [2.75, 3.05) is 65.2 Å². The van der Waals surface area contributed by atoms with E-state index in [4.69, 9.17) is 134 Å². The normalized spacial score (nSPS) is 33.4. The van der Waals surface area contributed by atoms with Crippen molar-refractivity contribution in [3.05, 3.63) is 132 Å². The molecule has 53 heteroatoms. The van der Waals surface area contributed by atoms with E-state index >= 15 is 0 Å². The van der Waals surface area contributed by atoms with E-state index < -0.39 is 175 Å². The first-order valence-corrected chi connectivity index (χ1v) is 46.1. The Bertz CT molecular complexity index is 4690. The average Bonchev–Trinajstić information content (AvgIpc) is 1.61. The first-order chi connectivity index (χ1) is 56.4. The van der Waals surface area contributed by atoms with Gasteiger partial charge < -0.3 is 38.3 Å². The monoisotopic (exact) mass is 1900 g/mol. The Hall–Kier alpha value is -5.45. The van der Waals surface area contributed by atoms with Gasteiger partial charge in [-0.15, -0.1) is 46.4 Å². The van der Waals surface area contributed by atoms with Crippen LogP contribution in [0.2, 0.25) is 0 Å². The van der Waals surface area contributed by atoms with Gasteiger partial charge in [-0.25, -0.2) is 37.4 Å². The molecule has 0 radical (unpaired) electrons. The Morgan fingerprint density at radius 1 is 0.446 bits per heavy atom. The first-order valence-electron chi connectivity index (χ1n) is 37.7. The fraction of sp³-hybridized carbons (Fsp3) is 0.706. The summed E-state index contributed by atoms with van der Waals surface area (Å²) in [7, 11) is -15.8. The zero-order valence-electron chi connectivity index (χ0n) is 67.3. The third-order valence-corrected chi connectivity index (χ3v) is 27.2. The molecule has 8 aliphatic heterocycles. The molecule has 0 spiro atoms. The highest BCUT2D eigenvalue weighted by atomic mass is 35.5. The van der Waals surface area contributed by atoms with Crippen molar-refractivity contribution in [1.29, 1.82) is 0 Å². The van der Waals surface area contributed by atoms with Crippen LogP contribution < -0.4 is 45.0 Å². The molecular formula is C68H96Cl4N8O36P4S. The van der Waals surface area contributed by atoms with E-state index in [2.05, 4.69) is 19.9 Å². The second-order valence-corrected chi connectivity index (χ2v) is 41.1. The smallest absolute Gasteiger partial charge is 0.463 e. The number of phosphoric acid groups is 4. The van der Waals surface area contributed by atoms with Crippen LogP contribution in [0, 0.1) is 5.41 Å². The Morgan fingerprint density at radius 2 is 0.678 bits per heavy atom. The summed E-state index contributed by atoms with van der Waals surface area (Å²) in [6.07, 6.45) is -5.05. The molecule has 678 valence electrons. The zero-order valence-corrected chi connectivity index (χ0v) is 74.7. The van der Waals surface area contributed by atoms with Gasteiger partial charge in [-0.2, -0.15) is 0 Å². The second-order valence-electron chi connectivity index (χ2n) is 30.3. The number of rotatable bonds is 28. The molecule has 8 saturated heterocycles. The lowest BCUT2D eigenvalue weighted by Crippen LogP contribution is -2.45. The molecule has 4 aromatic rings. The molecule has 8 aliphatic rings. The number of hydrogen-bond donors (Lipinski definition) is 5. The Morgan fingerprint density at radius 3 is 0.893 bits per heavy atom. The second kappa shape index (κ2) is 41.1. The molecule has 12 heterocycles. The molecule has 0 aromatic carbocycles. The maximum absolute atomic E-state index is 12.9. The topological polar surface area (TPSA) is 552 Å². The number of fused-ring (bicyclic) bond motifs is 4. The zero-order chi connectivity index (χ0) is 89.3. The predicted octanol–water partition coefficient (Wildman–Crippen LogP) is 6.36. The summed E-state index contributed by atoms with van der Waals surface area (Å²) >= 11 is 27.5. The number of phosphoric ester groups is 4. The SMILES string of the molecule is CC(C)(CO)C(=O)SCCOP1(=O)OC[C@H]2O[C@@H](n3ccc(=O)[nH]c3=O)[C@](C)(Cl)[C@@H]2O1.CC(C)OC(=O)CCCOP1(=O)OC[C@H]2O[C@@H](n3ccc(=O)[nH]c3=O)[C@](C)(Cl)[C@@H]2O1.CC(C)OC(=O)CCCO[P@@]1(=O)OC[C@H]2O[C@@H](n3ccc(=O)[nH]c3=O)[C@](C)(Cl)[C@@H]2O1.CC(C)OC(=O)CCCO[P@]1(=O)OC[C@H]2O[C@@H](n3ccc(=O)[nH]c3=O)[C@](C)(Cl)[C@@H]2O1. The van der Waals surface area contributed by atoms with E-state index in [0.29, 0.717) is 0 Å².